The molecular formula is C52H32Cd2F4N4O8. The zero-order valence-corrected chi connectivity index (χ0v) is 44.5. The molecular weight excluding hydrogens is 1110 g/mol. The summed E-state index contributed by atoms with van der Waals surface area (Å²) in [5.74, 6) is -9.00. The van der Waals surface area contributed by atoms with Crippen molar-refractivity contribution in [3.05, 3.63) is 240 Å². The summed E-state index contributed by atoms with van der Waals surface area (Å²) in [5.41, 5.74) is 2.31. The second kappa shape index (κ2) is 28.7. The Morgan fingerprint density at radius 2 is 0.471 bits per heavy atom. The third-order valence-corrected chi connectivity index (χ3v) is 9.06. The molecule has 0 aliphatic heterocycles. The van der Waals surface area contributed by atoms with Crippen molar-refractivity contribution in [1.29, 1.82) is 0 Å². The molecule has 12 nitrogen and oxygen atoms in total. The van der Waals surface area contributed by atoms with E-state index in [2.05, 4.69) is 68.5 Å². The first-order valence-corrected chi connectivity index (χ1v) is 19.8. The number of fused-ring (bicyclic) bond motifs is 6. The van der Waals surface area contributed by atoms with E-state index in [1.165, 1.54) is 48.5 Å². The fraction of sp³-hybridized carbons (Fsp3) is 0. The van der Waals surface area contributed by atoms with Crippen LogP contribution in [-0.4, -0.2) is 43.8 Å². The molecule has 0 radical (unpaired) electrons. The molecule has 0 fully saturated rings. The first-order chi connectivity index (χ1) is 32.8. The van der Waals surface area contributed by atoms with Gasteiger partial charge < -0.3 is 39.6 Å². The van der Waals surface area contributed by atoms with Crippen LogP contribution in [0, 0.1) is 23.3 Å². The van der Waals surface area contributed by atoms with Crippen molar-refractivity contribution in [3.63, 3.8) is 0 Å². The van der Waals surface area contributed by atoms with Gasteiger partial charge in [0.1, 0.15) is 23.3 Å². The third-order valence-electron chi connectivity index (χ3n) is 9.06. The van der Waals surface area contributed by atoms with Crippen LogP contribution in [0.2, 0.25) is 0 Å². The molecule has 0 aliphatic carbocycles. The molecule has 10 aromatic rings. The standard InChI is InChI=1S/2C12H8N2.4C7H5FO2.2Cd/c2*1-3-9-5-6-10-4-2-8-14-12(10)11(9)13-7-1;4*8-6-4-2-1-3-5(6)7(9)10;;/h2*1-8H;4*1-4H,(H,9,10);;/q;;;;;;2*+2/p-4. The number of rotatable bonds is 4. The van der Waals surface area contributed by atoms with E-state index in [4.69, 9.17) is 0 Å². The Morgan fingerprint density at radius 1 is 0.286 bits per heavy atom. The van der Waals surface area contributed by atoms with Gasteiger partial charge in [0, 0.05) is 68.6 Å². The topological polar surface area (TPSA) is 212 Å². The Kier molecular flexibility index (Phi) is 23.2. The maximum absolute atomic E-state index is 12.4. The van der Waals surface area contributed by atoms with Gasteiger partial charge in [-0.05, 0) is 48.5 Å². The van der Waals surface area contributed by atoms with Crippen molar-refractivity contribution in [2.75, 3.05) is 0 Å². The fourth-order valence-electron chi connectivity index (χ4n) is 5.87. The molecule has 70 heavy (non-hydrogen) atoms. The molecule has 0 saturated heterocycles. The molecule has 10 rings (SSSR count). The van der Waals surface area contributed by atoms with Gasteiger partial charge in [-0.1, -0.05) is 121 Å². The SMILES string of the molecule is O=C([O-])c1ccccc1F.O=C([O-])c1ccccc1F.O=C([O-])c1ccccc1F.O=C([O-])c1ccccc1F.[Cd+2].[Cd+2].c1cnc2c(c1)ccc1cccnc12.c1cnc2c(c1)ccc1cccnc12. The van der Waals surface area contributed by atoms with Gasteiger partial charge in [-0.15, -0.1) is 0 Å². The van der Waals surface area contributed by atoms with Gasteiger partial charge in [-0.25, -0.2) is 17.6 Å². The summed E-state index contributed by atoms with van der Waals surface area (Å²) in [6.45, 7) is 0. The number of halogens is 4. The molecule has 0 spiro atoms. The summed E-state index contributed by atoms with van der Waals surface area (Å²) in [6, 6.07) is 44.6. The fourth-order valence-corrected chi connectivity index (χ4v) is 5.87. The number of carboxylic acid groups (broad SMARTS) is 4. The molecule has 0 unspecified atom stereocenters. The molecule has 340 valence electrons. The number of carbonyl (C=O) groups is 4. The second-order valence-corrected chi connectivity index (χ2v) is 13.5. The van der Waals surface area contributed by atoms with Crippen LogP contribution in [-0.2, 0) is 54.6 Å². The molecule has 4 aromatic heterocycles. The van der Waals surface area contributed by atoms with E-state index < -0.39 is 69.4 Å². The molecule has 0 N–H and O–H groups in total. The summed E-state index contributed by atoms with van der Waals surface area (Å²) >= 11 is 0. The van der Waals surface area contributed by atoms with Crippen LogP contribution in [0.5, 0.6) is 0 Å². The quantitative estimate of drug-likeness (QED) is 0.108. The number of benzene rings is 6. The van der Waals surface area contributed by atoms with Gasteiger partial charge in [-0.3, -0.25) is 19.9 Å². The summed E-state index contributed by atoms with van der Waals surface area (Å²) in [6.07, 6.45) is 7.21. The van der Waals surface area contributed by atoms with Gasteiger partial charge in [-0.2, -0.15) is 0 Å². The van der Waals surface area contributed by atoms with Crippen molar-refractivity contribution >= 4 is 67.5 Å². The van der Waals surface area contributed by atoms with Crippen LogP contribution in [0.15, 0.2) is 195 Å². The Bertz CT molecular complexity index is 2930. The predicted molar refractivity (Wildman–Crippen MR) is 237 cm³/mol. The maximum Gasteiger partial charge on any atom is 2.00 e. The zero-order chi connectivity index (χ0) is 49.0. The van der Waals surface area contributed by atoms with E-state index in [0.29, 0.717) is 0 Å². The van der Waals surface area contributed by atoms with E-state index in [9.17, 15) is 57.2 Å². The van der Waals surface area contributed by atoms with Crippen LogP contribution in [0.4, 0.5) is 17.6 Å². The van der Waals surface area contributed by atoms with Crippen LogP contribution < -0.4 is 20.4 Å². The molecule has 0 saturated carbocycles. The molecule has 4 heterocycles. The largest absolute Gasteiger partial charge is 2.00 e. The Balaban J connectivity index is 0.000000223. The number of pyridine rings is 4. The molecule has 18 heteroatoms. The first kappa shape index (κ1) is 56.7. The van der Waals surface area contributed by atoms with Crippen LogP contribution in [0.25, 0.3) is 43.6 Å². The number of carboxylic acids is 4. The predicted octanol–water partition coefficient (Wildman–Crippen LogP) is 6.32. The van der Waals surface area contributed by atoms with E-state index in [0.717, 1.165) is 92.1 Å². The van der Waals surface area contributed by atoms with Crippen molar-refractivity contribution in [2.45, 2.75) is 0 Å². The normalized spacial score (nSPS) is 9.66. The number of aromatic carboxylic acids is 4. The zero-order valence-electron chi connectivity index (χ0n) is 36.5. The van der Waals surface area contributed by atoms with Crippen molar-refractivity contribution in [2.24, 2.45) is 0 Å². The minimum atomic E-state index is -1.49. The number of aromatic nitrogens is 4. The molecule has 0 atom stereocenters. The number of hydrogen-bond acceptors (Lipinski definition) is 12. The van der Waals surface area contributed by atoms with Gasteiger partial charge in [0.25, 0.3) is 0 Å². The molecule has 6 aromatic carbocycles. The number of carbonyl (C=O) groups excluding carboxylic acids is 4. The molecule has 0 amide bonds. The Hall–Kier alpha value is -7.60. The summed E-state index contributed by atoms with van der Waals surface area (Å²) in [4.78, 5) is 57.7. The Labute approximate surface area is 436 Å². The maximum atomic E-state index is 12.4. The van der Waals surface area contributed by atoms with Crippen LogP contribution in [0.1, 0.15) is 41.4 Å². The minimum absolute atomic E-state index is 0. The monoisotopic (exact) mass is 1140 g/mol. The van der Waals surface area contributed by atoms with Crippen LogP contribution >= 0.6 is 0 Å². The van der Waals surface area contributed by atoms with Crippen molar-refractivity contribution in [3.8, 4) is 0 Å². The molecule has 0 aliphatic rings. The summed E-state index contributed by atoms with van der Waals surface area (Å²) in [5, 5.41) is 44.8. The van der Waals surface area contributed by atoms with Gasteiger partial charge >= 0.3 is 54.6 Å². The average molecular weight is 1140 g/mol. The van der Waals surface area contributed by atoms with E-state index in [1.807, 2.05) is 24.3 Å². The number of nitrogens with zero attached hydrogens (tertiary/aromatic N) is 4. The second-order valence-electron chi connectivity index (χ2n) is 13.5. The Morgan fingerprint density at radius 3 is 0.629 bits per heavy atom. The van der Waals surface area contributed by atoms with E-state index in [-0.39, 0.29) is 54.6 Å². The van der Waals surface area contributed by atoms with Gasteiger partial charge in [0.05, 0.1) is 45.9 Å². The van der Waals surface area contributed by atoms with Crippen molar-refractivity contribution < 1.29 is 112 Å². The number of hydrogen-bond donors (Lipinski definition) is 0. The van der Waals surface area contributed by atoms with E-state index in [1.54, 1.807) is 24.8 Å². The van der Waals surface area contributed by atoms with Crippen LogP contribution in [0.3, 0.4) is 0 Å². The summed E-state index contributed by atoms with van der Waals surface area (Å²) < 4.78 is 49.7. The van der Waals surface area contributed by atoms with E-state index >= 15 is 0 Å². The third kappa shape index (κ3) is 16.3. The average Bonchev–Trinajstić information content (AvgIpc) is 3.35. The molecule has 0 bridgehead atoms. The summed E-state index contributed by atoms with van der Waals surface area (Å²) in [7, 11) is 0. The van der Waals surface area contributed by atoms with Gasteiger partial charge in [0.2, 0.25) is 0 Å². The van der Waals surface area contributed by atoms with Crippen molar-refractivity contribution in [1.82, 2.24) is 19.9 Å². The smallest absolute Gasteiger partial charge is 0.545 e. The first-order valence-electron chi connectivity index (χ1n) is 19.8. The van der Waals surface area contributed by atoms with Gasteiger partial charge in [0.15, 0.2) is 0 Å². The minimum Gasteiger partial charge on any atom is -0.545 e.